The molecule has 1 aliphatic heterocycles. The predicted octanol–water partition coefficient (Wildman–Crippen LogP) is 2.37. The van der Waals surface area contributed by atoms with E-state index in [1.54, 1.807) is 24.8 Å². The van der Waals surface area contributed by atoms with E-state index in [0.717, 1.165) is 54.9 Å². The fourth-order valence-electron chi connectivity index (χ4n) is 3.41. The Morgan fingerprint density at radius 2 is 2.04 bits per heavy atom. The average molecular weight is 380 g/mol. The van der Waals surface area contributed by atoms with Crippen molar-refractivity contribution in [3.63, 3.8) is 0 Å². The lowest BCUT2D eigenvalue weighted by Gasteiger charge is -2.25. The first-order chi connectivity index (χ1) is 13.8. The second-order valence-corrected chi connectivity index (χ2v) is 6.81. The van der Waals surface area contributed by atoms with Crippen LogP contribution in [-0.4, -0.2) is 44.9 Å². The zero-order valence-corrected chi connectivity index (χ0v) is 15.9. The highest BCUT2D eigenvalue weighted by Gasteiger charge is 2.22. The molecule has 0 spiro atoms. The van der Waals surface area contributed by atoms with Gasteiger partial charge in [-0.1, -0.05) is 0 Å². The number of rotatable bonds is 6. The molecule has 0 aromatic carbocycles. The standard InChI is InChI=1S/C20H24N6O2/c1-2-26-19-16(13-24-26)18(25-15-5-9-28-10-6-15)17(12-22-19)20(27)23-11-14-3-7-21-8-4-14/h3-4,7-8,12-13,15H,2,5-6,9-11H2,1H3,(H,22,25)(H,23,27). The number of aromatic nitrogens is 4. The first kappa shape index (κ1) is 18.4. The summed E-state index contributed by atoms with van der Waals surface area (Å²) in [6.45, 7) is 4.63. The van der Waals surface area contributed by atoms with E-state index in [-0.39, 0.29) is 11.9 Å². The number of hydrogen-bond donors (Lipinski definition) is 2. The molecule has 3 aromatic rings. The van der Waals surface area contributed by atoms with Crippen LogP contribution in [0.25, 0.3) is 11.0 Å². The second-order valence-electron chi connectivity index (χ2n) is 6.81. The van der Waals surface area contributed by atoms with Crippen LogP contribution in [0.15, 0.2) is 36.9 Å². The maximum atomic E-state index is 12.9. The molecule has 1 saturated heterocycles. The van der Waals surface area contributed by atoms with E-state index in [1.807, 2.05) is 23.7 Å². The normalized spacial score (nSPS) is 14.9. The van der Waals surface area contributed by atoms with Gasteiger partial charge in [-0.15, -0.1) is 0 Å². The van der Waals surface area contributed by atoms with Gasteiger partial charge in [-0.05, 0) is 37.5 Å². The monoisotopic (exact) mass is 380 g/mol. The quantitative estimate of drug-likeness (QED) is 0.682. The molecular formula is C20H24N6O2. The summed E-state index contributed by atoms with van der Waals surface area (Å²) in [5, 5.41) is 11.8. The van der Waals surface area contributed by atoms with Crippen LogP contribution in [0.3, 0.4) is 0 Å². The van der Waals surface area contributed by atoms with Crippen molar-refractivity contribution in [2.45, 2.75) is 38.9 Å². The number of aryl methyl sites for hydroxylation is 1. The van der Waals surface area contributed by atoms with Gasteiger partial charge < -0.3 is 15.4 Å². The summed E-state index contributed by atoms with van der Waals surface area (Å²) >= 11 is 0. The van der Waals surface area contributed by atoms with Gasteiger partial charge in [0.15, 0.2) is 5.65 Å². The summed E-state index contributed by atoms with van der Waals surface area (Å²) in [5.41, 5.74) is 3.10. The zero-order chi connectivity index (χ0) is 19.3. The molecule has 0 atom stereocenters. The number of hydrogen-bond acceptors (Lipinski definition) is 6. The zero-order valence-electron chi connectivity index (χ0n) is 15.9. The fraction of sp³-hybridized carbons (Fsp3) is 0.400. The molecule has 146 valence electrons. The van der Waals surface area contributed by atoms with Gasteiger partial charge in [0.05, 0.1) is 22.8 Å². The van der Waals surface area contributed by atoms with Gasteiger partial charge in [0.2, 0.25) is 0 Å². The molecule has 0 radical (unpaired) electrons. The molecule has 8 nitrogen and oxygen atoms in total. The predicted molar refractivity (Wildman–Crippen MR) is 106 cm³/mol. The minimum atomic E-state index is -0.162. The molecule has 28 heavy (non-hydrogen) atoms. The van der Waals surface area contributed by atoms with E-state index in [0.29, 0.717) is 12.1 Å². The third-order valence-corrected chi connectivity index (χ3v) is 4.98. The van der Waals surface area contributed by atoms with E-state index >= 15 is 0 Å². The highest BCUT2D eigenvalue weighted by molar-refractivity contribution is 6.06. The summed E-state index contributed by atoms with van der Waals surface area (Å²) in [6, 6.07) is 4.03. The molecule has 3 aromatic heterocycles. The Kier molecular flexibility index (Phi) is 5.48. The molecule has 0 bridgehead atoms. The van der Waals surface area contributed by atoms with Gasteiger partial charge >= 0.3 is 0 Å². The van der Waals surface area contributed by atoms with Crippen molar-refractivity contribution in [2.75, 3.05) is 18.5 Å². The number of carbonyl (C=O) groups is 1. The number of fused-ring (bicyclic) bond motifs is 1. The molecular weight excluding hydrogens is 356 g/mol. The van der Waals surface area contributed by atoms with Crippen molar-refractivity contribution < 1.29 is 9.53 Å². The van der Waals surface area contributed by atoms with Crippen LogP contribution >= 0.6 is 0 Å². The average Bonchev–Trinajstić information content (AvgIpc) is 3.17. The van der Waals surface area contributed by atoms with Crippen LogP contribution in [0.1, 0.15) is 35.7 Å². The number of anilines is 1. The third kappa shape index (κ3) is 3.82. The number of nitrogens with zero attached hydrogens (tertiary/aromatic N) is 4. The highest BCUT2D eigenvalue weighted by atomic mass is 16.5. The highest BCUT2D eigenvalue weighted by Crippen LogP contribution is 2.28. The molecule has 0 unspecified atom stereocenters. The molecule has 1 amide bonds. The Labute approximate surface area is 163 Å². The van der Waals surface area contributed by atoms with Crippen molar-refractivity contribution in [3.05, 3.63) is 48.0 Å². The van der Waals surface area contributed by atoms with Crippen LogP contribution in [-0.2, 0) is 17.8 Å². The topological polar surface area (TPSA) is 94.0 Å². The molecule has 1 fully saturated rings. The minimum absolute atomic E-state index is 0.162. The van der Waals surface area contributed by atoms with Crippen LogP contribution in [0.4, 0.5) is 5.69 Å². The summed E-state index contributed by atoms with van der Waals surface area (Å²) in [4.78, 5) is 21.5. The van der Waals surface area contributed by atoms with E-state index < -0.39 is 0 Å². The van der Waals surface area contributed by atoms with Crippen LogP contribution in [0.5, 0.6) is 0 Å². The first-order valence-electron chi connectivity index (χ1n) is 9.62. The second kappa shape index (κ2) is 8.35. The maximum Gasteiger partial charge on any atom is 0.255 e. The molecule has 0 aliphatic carbocycles. The van der Waals surface area contributed by atoms with E-state index in [4.69, 9.17) is 4.74 Å². The minimum Gasteiger partial charge on any atom is -0.381 e. The number of nitrogens with one attached hydrogen (secondary N) is 2. The van der Waals surface area contributed by atoms with Gasteiger partial charge in [-0.3, -0.25) is 9.78 Å². The lowest BCUT2D eigenvalue weighted by Crippen LogP contribution is -2.30. The number of amides is 1. The molecule has 1 aliphatic rings. The Morgan fingerprint density at radius 3 is 2.79 bits per heavy atom. The molecule has 4 rings (SSSR count). The SMILES string of the molecule is CCn1ncc2c(NC3CCOCC3)c(C(=O)NCc3ccncc3)cnc21. The Morgan fingerprint density at radius 1 is 1.25 bits per heavy atom. The van der Waals surface area contributed by atoms with Crippen molar-refractivity contribution in [1.29, 1.82) is 0 Å². The van der Waals surface area contributed by atoms with Crippen molar-refractivity contribution in [1.82, 2.24) is 25.1 Å². The van der Waals surface area contributed by atoms with E-state index in [2.05, 4.69) is 25.7 Å². The lowest BCUT2D eigenvalue weighted by atomic mass is 10.1. The van der Waals surface area contributed by atoms with Crippen LogP contribution in [0, 0.1) is 0 Å². The summed E-state index contributed by atoms with van der Waals surface area (Å²) < 4.78 is 7.29. The van der Waals surface area contributed by atoms with Crippen molar-refractivity contribution >= 4 is 22.6 Å². The third-order valence-electron chi connectivity index (χ3n) is 4.98. The van der Waals surface area contributed by atoms with Gasteiger partial charge in [-0.2, -0.15) is 5.10 Å². The molecule has 2 N–H and O–H groups in total. The van der Waals surface area contributed by atoms with Gasteiger partial charge in [0.1, 0.15) is 0 Å². The van der Waals surface area contributed by atoms with Gasteiger partial charge in [0, 0.05) is 50.9 Å². The fourth-order valence-corrected chi connectivity index (χ4v) is 3.41. The maximum absolute atomic E-state index is 12.9. The Balaban J connectivity index is 1.63. The molecule has 0 saturated carbocycles. The van der Waals surface area contributed by atoms with Crippen LogP contribution in [0.2, 0.25) is 0 Å². The summed E-state index contributed by atoms with van der Waals surface area (Å²) in [6.07, 6.45) is 8.67. The first-order valence-corrected chi connectivity index (χ1v) is 9.62. The van der Waals surface area contributed by atoms with Gasteiger partial charge in [0.25, 0.3) is 5.91 Å². The number of carbonyl (C=O) groups excluding carboxylic acids is 1. The van der Waals surface area contributed by atoms with Crippen LogP contribution < -0.4 is 10.6 Å². The van der Waals surface area contributed by atoms with Crippen molar-refractivity contribution in [2.24, 2.45) is 0 Å². The van der Waals surface area contributed by atoms with Crippen molar-refractivity contribution in [3.8, 4) is 0 Å². The molecule has 8 heteroatoms. The smallest absolute Gasteiger partial charge is 0.255 e. The largest absolute Gasteiger partial charge is 0.381 e. The number of ether oxygens (including phenoxy) is 1. The lowest BCUT2D eigenvalue weighted by molar-refractivity contribution is 0.0904. The summed E-state index contributed by atoms with van der Waals surface area (Å²) in [5.74, 6) is -0.162. The molecule has 4 heterocycles. The summed E-state index contributed by atoms with van der Waals surface area (Å²) in [7, 11) is 0. The van der Waals surface area contributed by atoms with E-state index in [9.17, 15) is 4.79 Å². The Hall–Kier alpha value is -3.00. The van der Waals surface area contributed by atoms with Gasteiger partial charge in [-0.25, -0.2) is 9.67 Å². The van der Waals surface area contributed by atoms with E-state index in [1.165, 1.54) is 0 Å². The Bertz CT molecular complexity index is 950. The number of pyridine rings is 2.